The molecular weight excluding hydrogens is 368 g/mol. The van der Waals surface area contributed by atoms with Gasteiger partial charge in [0.1, 0.15) is 11.4 Å². The minimum Gasteiger partial charge on any atom is -0.336 e. The van der Waals surface area contributed by atoms with Crippen molar-refractivity contribution in [3.63, 3.8) is 0 Å². The number of amides is 1. The third kappa shape index (κ3) is 3.43. The summed E-state index contributed by atoms with van der Waals surface area (Å²) in [5.74, 6) is 1.83. The van der Waals surface area contributed by atoms with Crippen molar-refractivity contribution in [2.45, 2.75) is 37.5 Å². The van der Waals surface area contributed by atoms with Crippen molar-refractivity contribution >= 4 is 5.91 Å². The topological polar surface area (TPSA) is 89.9 Å². The Labute approximate surface area is 169 Å². The van der Waals surface area contributed by atoms with Gasteiger partial charge in [0, 0.05) is 26.3 Å². The first-order valence-electron chi connectivity index (χ1n) is 10.2. The van der Waals surface area contributed by atoms with Gasteiger partial charge in [-0.3, -0.25) is 9.78 Å². The summed E-state index contributed by atoms with van der Waals surface area (Å²) >= 11 is 0. The summed E-state index contributed by atoms with van der Waals surface area (Å²) in [7, 11) is 1.85. The minimum atomic E-state index is -0.274. The summed E-state index contributed by atoms with van der Waals surface area (Å²) in [6.45, 7) is 1.34. The average Bonchev–Trinajstić information content (AvgIpc) is 3.24. The first kappa shape index (κ1) is 18.0. The Morgan fingerprint density at radius 2 is 2.24 bits per heavy atom. The Balaban J connectivity index is 1.46. The molecule has 1 atom stereocenters. The van der Waals surface area contributed by atoms with Crippen LogP contribution in [-0.2, 0) is 12.5 Å². The first-order chi connectivity index (χ1) is 14.1. The molecule has 0 aromatic carbocycles. The SMILES string of the molecule is Cn1cncc1C(=O)N1CCCC(CC2CC2)(c2noc(-c3ccccn3)n2)C1. The molecule has 0 spiro atoms. The van der Waals surface area contributed by atoms with Crippen molar-refractivity contribution in [2.75, 3.05) is 13.1 Å². The largest absolute Gasteiger partial charge is 0.336 e. The summed E-state index contributed by atoms with van der Waals surface area (Å²) in [5.41, 5.74) is 1.01. The van der Waals surface area contributed by atoms with Crippen molar-refractivity contribution < 1.29 is 9.32 Å². The van der Waals surface area contributed by atoms with E-state index in [1.165, 1.54) is 12.8 Å². The lowest BCUT2D eigenvalue weighted by Gasteiger charge is -2.41. The standard InChI is InChI=1S/C21H24N6O2/c1-26-14-22-12-17(26)19(28)27-10-4-8-21(13-27,11-15-6-7-15)20-24-18(29-25-20)16-5-2-3-9-23-16/h2-3,5,9,12,14-15H,4,6-8,10-11,13H2,1H3. The average molecular weight is 392 g/mol. The fourth-order valence-electron chi connectivity index (χ4n) is 4.38. The van der Waals surface area contributed by atoms with Crippen LogP contribution in [0.2, 0.25) is 0 Å². The van der Waals surface area contributed by atoms with Crippen LogP contribution >= 0.6 is 0 Å². The normalized spacial score (nSPS) is 22.0. The van der Waals surface area contributed by atoms with Gasteiger partial charge in [-0.05, 0) is 37.3 Å². The molecule has 29 heavy (non-hydrogen) atoms. The van der Waals surface area contributed by atoms with Crippen LogP contribution < -0.4 is 0 Å². The van der Waals surface area contributed by atoms with Crippen LogP contribution in [0.15, 0.2) is 41.4 Å². The van der Waals surface area contributed by atoms with Gasteiger partial charge in [0.05, 0.1) is 17.9 Å². The number of likely N-dealkylation sites (tertiary alicyclic amines) is 1. The van der Waals surface area contributed by atoms with Crippen LogP contribution in [-0.4, -0.2) is 48.6 Å². The molecule has 1 amide bonds. The molecule has 150 valence electrons. The zero-order valence-corrected chi connectivity index (χ0v) is 16.5. The highest BCUT2D eigenvalue weighted by molar-refractivity contribution is 5.92. The molecule has 2 fully saturated rings. The third-order valence-electron chi connectivity index (χ3n) is 6.06. The molecule has 8 heteroatoms. The molecule has 8 nitrogen and oxygen atoms in total. The third-order valence-corrected chi connectivity index (χ3v) is 6.06. The molecule has 0 bridgehead atoms. The summed E-state index contributed by atoms with van der Waals surface area (Å²) in [5, 5.41) is 4.36. The predicted molar refractivity (Wildman–Crippen MR) is 105 cm³/mol. The zero-order chi connectivity index (χ0) is 19.8. The molecule has 1 saturated carbocycles. The minimum absolute atomic E-state index is 0.0123. The number of carbonyl (C=O) groups excluding carboxylic acids is 1. The van der Waals surface area contributed by atoms with Gasteiger partial charge in [0.25, 0.3) is 11.8 Å². The lowest BCUT2D eigenvalue weighted by molar-refractivity contribution is 0.0597. The number of nitrogens with zero attached hydrogens (tertiary/aromatic N) is 6. The monoisotopic (exact) mass is 392 g/mol. The van der Waals surface area contributed by atoms with Crippen molar-refractivity contribution in [3.05, 3.63) is 48.4 Å². The van der Waals surface area contributed by atoms with Crippen molar-refractivity contribution in [3.8, 4) is 11.6 Å². The van der Waals surface area contributed by atoms with E-state index < -0.39 is 0 Å². The number of aromatic nitrogens is 5. The summed E-state index contributed by atoms with van der Waals surface area (Å²) < 4.78 is 7.35. The first-order valence-corrected chi connectivity index (χ1v) is 10.2. The second-order valence-corrected chi connectivity index (χ2v) is 8.29. The summed E-state index contributed by atoms with van der Waals surface area (Å²) in [4.78, 5) is 28.2. The van der Waals surface area contributed by atoms with Crippen molar-refractivity contribution in [2.24, 2.45) is 13.0 Å². The van der Waals surface area contributed by atoms with E-state index in [0.717, 1.165) is 25.8 Å². The van der Waals surface area contributed by atoms with Gasteiger partial charge in [0.15, 0.2) is 5.82 Å². The van der Waals surface area contributed by atoms with E-state index in [-0.39, 0.29) is 11.3 Å². The Morgan fingerprint density at radius 3 is 2.97 bits per heavy atom. The number of hydrogen-bond donors (Lipinski definition) is 0. The highest BCUT2D eigenvalue weighted by Gasteiger charge is 2.46. The molecule has 1 unspecified atom stereocenters. The van der Waals surface area contributed by atoms with Gasteiger partial charge in [0.2, 0.25) is 0 Å². The molecule has 4 heterocycles. The quantitative estimate of drug-likeness (QED) is 0.663. The molecular formula is C21H24N6O2. The fourth-order valence-corrected chi connectivity index (χ4v) is 4.38. The molecule has 5 rings (SSSR count). The maximum absolute atomic E-state index is 13.1. The maximum Gasteiger partial charge on any atom is 0.276 e. The number of pyridine rings is 1. The number of rotatable bonds is 5. The number of carbonyl (C=O) groups is 1. The van der Waals surface area contributed by atoms with Gasteiger partial charge >= 0.3 is 0 Å². The van der Waals surface area contributed by atoms with Crippen LogP contribution in [0.25, 0.3) is 11.6 Å². The Bertz CT molecular complexity index is 1010. The molecule has 2 aliphatic rings. The van der Waals surface area contributed by atoms with Gasteiger partial charge in [-0.1, -0.05) is 24.1 Å². The molecule has 1 saturated heterocycles. The van der Waals surface area contributed by atoms with E-state index in [9.17, 15) is 4.79 Å². The van der Waals surface area contributed by atoms with Crippen LogP contribution in [0.3, 0.4) is 0 Å². The highest BCUT2D eigenvalue weighted by atomic mass is 16.5. The van der Waals surface area contributed by atoms with Crippen molar-refractivity contribution in [1.82, 2.24) is 29.6 Å². The second-order valence-electron chi connectivity index (χ2n) is 8.29. The summed E-state index contributed by atoms with van der Waals surface area (Å²) in [6, 6.07) is 5.63. The van der Waals surface area contributed by atoms with Gasteiger partial charge < -0.3 is 14.0 Å². The van der Waals surface area contributed by atoms with E-state index in [1.54, 1.807) is 23.3 Å². The molecule has 3 aromatic heterocycles. The van der Waals surface area contributed by atoms with Crippen LogP contribution in [0.1, 0.15) is 48.4 Å². The Hall–Kier alpha value is -3.03. The van der Waals surface area contributed by atoms with Crippen LogP contribution in [0, 0.1) is 5.92 Å². The van der Waals surface area contributed by atoms with E-state index in [2.05, 4.69) is 15.1 Å². The molecule has 0 N–H and O–H groups in total. The van der Waals surface area contributed by atoms with Crippen molar-refractivity contribution in [1.29, 1.82) is 0 Å². The van der Waals surface area contributed by atoms with Gasteiger partial charge in [-0.25, -0.2) is 4.98 Å². The smallest absolute Gasteiger partial charge is 0.276 e. The van der Waals surface area contributed by atoms with E-state index in [4.69, 9.17) is 9.51 Å². The number of aryl methyl sites for hydroxylation is 1. The number of imidazole rings is 1. The molecule has 1 aliphatic carbocycles. The second kappa shape index (κ2) is 7.09. The Morgan fingerprint density at radius 1 is 1.34 bits per heavy atom. The molecule has 3 aromatic rings. The Kier molecular flexibility index (Phi) is 4.41. The van der Waals surface area contributed by atoms with E-state index in [0.29, 0.717) is 35.6 Å². The van der Waals surface area contributed by atoms with Crippen LogP contribution in [0.4, 0.5) is 0 Å². The van der Waals surface area contributed by atoms with E-state index >= 15 is 0 Å². The fraction of sp³-hybridized carbons (Fsp3) is 0.476. The molecule has 1 aliphatic heterocycles. The maximum atomic E-state index is 13.1. The van der Waals surface area contributed by atoms with Gasteiger partial charge in [-0.15, -0.1) is 0 Å². The molecule has 0 radical (unpaired) electrons. The zero-order valence-electron chi connectivity index (χ0n) is 16.5. The lowest BCUT2D eigenvalue weighted by atomic mass is 9.74. The van der Waals surface area contributed by atoms with E-state index in [1.807, 2.05) is 30.1 Å². The summed E-state index contributed by atoms with van der Waals surface area (Å²) in [6.07, 6.45) is 10.4. The van der Waals surface area contributed by atoms with Gasteiger partial charge in [-0.2, -0.15) is 4.98 Å². The number of hydrogen-bond acceptors (Lipinski definition) is 6. The highest BCUT2D eigenvalue weighted by Crippen LogP contribution is 2.46. The predicted octanol–water partition coefficient (Wildman–Crippen LogP) is 2.84. The number of piperidine rings is 1. The lowest BCUT2D eigenvalue weighted by Crippen LogP contribution is -2.49. The van der Waals surface area contributed by atoms with Crippen LogP contribution in [0.5, 0.6) is 0 Å².